The molecule has 0 heterocycles. The smallest absolute Gasteiger partial charge is 0.306 e. The number of hydrogen-bond acceptors (Lipinski definition) is 5. The minimum atomic E-state index is -0.802. The quantitative estimate of drug-likeness (QED) is 0.0321. The van der Waals surface area contributed by atoms with Crippen molar-refractivity contribution in [1.82, 2.24) is 5.32 Å². The van der Waals surface area contributed by atoms with Crippen molar-refractivity contribution in [2.75, 3.05) is 6.61 Å². The molecular formula is C64H115NO5. The van der Waals surface area contributed by atoms with Crippen molar-refractivity contribution in [3.05, 3.63) is 72.9 Å². The number of amides is 1. The summed E-state index contributed by atoms with van der Waals surface area (Å²) in [7, 11) is 0. The van der Waals surface area contributed by atoms with Crippen LogP contribution in [0.25, 0.3) is 0 Å². The van der Waals surface area contributed by atoms with Crippen LogP contribution in [-0.4, -0.2) is 46.9 Å². The van der Waals surface area contributed by atoms with Crippen LogP contribution in [0, 0.1) is 0 Å². The minimum Gasteiger partial charge on any atom is -0.462 e. The van der Waals surface area contributed by atoms with Crippen LogP contribution in [0.2, 0.25) is 0 Å². The van der Waals surface area contributed by atoms with Gasteiger partial charge in [-0.25, -0.2) is 0 Å². The second-order valence-electron chi connectivity index (χ2n) is 20.4. The first-order chi connectivity index (χ1) is 34.5. The molecule has 6 heteroatoms. The molecule has 0 aromatic heterocycles. The highest BCUT2D eigenvalue weighted by Gasteiger charge is 2.24. The zero-order chi connectivity index (χ0) is 50.9. The van der Waals surface area contributed by atoms with Crippen LogP contribution < -0.4 is 5.32 Å². The molecule has 0 aromatic rings. The van der Waals surface area contributed by atoms with Gasteiger partial charge < -0.3 is 20.3 Å². The number of allylic oxidation sites excluding steroid dienone is 12. The predicted octanol–water partition coefficient (Wildman–Crippen LogP) is 18.9. The highest BCUT2D eigenvalue weighted by molar-refractivity contribution is 5.77. The van der Waals surface area contributed by atoms with E-state index in [-0.39, 0.29) is 31.3 Å². The number of carbonyl (C=O) groups is 2. The number of esters is 1. The molecule has 0 aliphatic heterocycles. The second-order valence-corrected chi connectivity index (χ2v) is 20.4. The molecule has 1 amide bonds. The number of aliphatic hydroxyl groups excluding tert-OH is 2. The monoisotopic (exact) mass is 978 g/mol. The molecule has 0 aliphatic rings. The van der Waals surface area contributed by atoms with E-state index in [1.165, 1.54) is 167 Å². The Hall–Kier alpha value is -2.70. The Kier molecular flexibility index (Phi) is 55.0. The molecule has 6 nitrogen and oxygen atoms in total. The van der Waals surface area contributed by atoms with Crippen LogP contribution >= 0.6 is 0 Å². The minimum absolute atomic E-state index is 0.0483. The third-order valence-corrected chi connectivity index (χ3v) is 13.6. The summed E-state index contributed by atoms with van der Waals surface area (Å²) >= 11 is 0. The molecule has 3 atom stereocenters. The van der Waals surface area contributed by atoms with Gasteiger partial charge in [-0.3, -0.25) is 9.59 Å². The fourth-order valence-electron chi connectivity index (χ4n) is 9.05. The molecule has 0 saturated heterocycles. The van der Waals surface area contributed by atoms with E-state index < -0.39 is 18.2 Å². The third kappa shape index (κ3) is 51.6. The molecule has 0 rings (SSSR count). The number of aliphatic hydroxyl groups is 2. The van der Waals surface area contributed by atoms with Gasteiger partial charge in [-0.1, -0.05) is 293 Å². The lowest BCUT2D eigenvalue weighted by Gasteiger charge is -2.24. The highest BCUT2D eigenvalue weighted by atomic mass is 16.5. The summed E-state index contributed by atoms with van der Waals surface area (Å²) < 4.78 is 5.93. The largest absolute Gasteiger partial charge is 0.462 e. The number of ether oxygens (including phenoxy) is 1. The normalized spacial score (nSPS) is 13.6. The Labute approximate surface area is 434 Å². The van der Waals surface area contributed by atoms with Crippen molar-refractivity contribution in [3.8, 4) is 0 Å². The Morgan fingerprint density at radius 3 is 1.09 bits per heavy atom. The van der Waals surface area contributed by atoms with Crippen molar-refractivity contribution in [3.63, 3.8) is 0 Å². The van der Waals surface area contributed by atoms with E-state index in [0.717, 1.165) is 77.0 Å². The van der Waals surface area contributed by atoms with Crippen molar-refractivity contribution in [1.29, 1.82) is 0 Å². The number of unbranched alkanes of at least 4 members (excludes halogenated alkanes) is 30. The number of carbonyl (C=O) groups excluding carboxylic acids is 2. The van der Waals surface area contributed by atoms with Gasteiger partial charge in [0, 0.05) is 6.42 Å². The fourth-order valence-corrected chi connectivity index (χ4v) is 9.05. The molecule has 406 valence electrons. The maximum absolute atomic E-state index is 13.3. The van der Waals surface area contributed by atoms with E-state index in [9.17, 15) is 19.8 Å². The molecule has 0 aromatic carbocycles. The number of hydrogen-bond donors (Lipinski definition) is 3. The molecule has 0 radical (unpaired) electrons. The first-order valence-electron chi connectivity index (χ1n) is 30.2. The van der Waals surface area contributed by atoms with Gasteiger partial charge in [0.25, 0.3) is 0 Å². The van der Waals surface area contributed by atoms with Crippen LogP contribution in [-0.2, 0) is 14.3 Å². The summed E-state index contributed by atoms with van der Waals surface area (Å²) in [6.07, 6.45) is 74.1. The number of nitrogens with one attached hydrogen (secondary N) is 1. The summed E-state index contributed by atoms with van der Waals surface area (Å²) in [4.78, 5) is 26.3. The van der Waals surface area contributed by atoms with Gasteiger partial charge in [-0.2, -0.15) is 0 Å². The third-order valence-electron chi connectivity index (χ3n) is 13.6. The Balaban J connectivity index is 4.64. The van der Waals surface area contributed by atoms with Crippen molar-refractivity contribution in [2.45, 2.75) is 315 Å². The molecule has 3 unspecified atom stereocenters. The Bertz CT molecular complexity index is 1280. The molecule has 0 saturated carbocycles. The lowest BCUT2D eigenvalue weighted by atomic mass is 10.0. The summed E-state index contributed by atoms with van der Waals surface area (Å²) in [6.45, 7) is 6.39. The predicted molar refractivity (Wildman–Crippen MR) is 305 cm³/mol. The van der Waals surface area contributed by atoms with E-state index in [0.29, 0.717) is 19.3 Å². The fraction of sp³-hybridized carbons (Fsp3) is 0.781. The summed E-state index contributed by atoms with van der Waals surface area (Å²) in [5, 5.41) is 23.9. The second kappa shape index (κ2) is 57.2. The lowest BCUT2D eigenvalue weighted by molar-refractivity contribution is -0.150. The number of rotatable bonds is 54. The average molecular weight is 979 g/mol. The van der Waals surface area contributed by atoms with E-state index in [2.05, 4.69) is 92.9 Å². The molecule has 0 fully saturated rings. The standard InChI is InChI=1S/C64H115NO5/c1-4-7-10-13-16-19-22-25-28-31-32-33-36-39-42-45-48-51-54-57-64(69)70-60(55-52-49-46-43-40-37-34-29-26-23-20-17-14-11-8-5-2)58-63(68)65-61(59-66)62(67)56-53-50-47-44-41-38-35-30-27-24-21-18-15-12-9-6-3/h7,10,16,19,25,28,32-33,39,42,48,51,60-62,66-67H,4-6,8-9,11-15,17-18,20-24,26-27,29-31,34-38,40-41,43-47,49-50,52-59H2,1-3H3,(H,65,68)/b10-7-,19-16-,28-25-,33-32-,42-39-,51-48-. The van der Waals surface area contributed by atoms with Gasteiger partial charge in [0.15, 0.2) is 0 Å². The van der Waals surface area contributed by atoms with Crippen molar-refractivity contribution in [2.24, 2.45) is 0 Å². The zero-order valence-corrected chi connectivity index (χ0v) is 46.4. The molecule has 3 N–H and O–H groups in total. The van der Waals surface area contributed by atoms with Crippen LogP contribution in [0.3, 0.4) is 0 Å². The van der Waals surface area contributed by atoms with Crippen LogP contribution in [0.1, 0.15) is 297 Å². The van der Waals surface area contributed by atoms with Gasteiger partial charge in [0.05, 0.1) is 25.2 Å². The van der Waals surface area contributed by atoms with Crippen molar-refractivity contribution < 1.29 is 24.5 Å². The van der Waals surface area contributed by atoms with Gasteiger partial charge in [0.2, 0.25) is 5.91 Å². The molecular weight excluding hydrogens is 863 g/mol. The van der Waals surface area contributed by atoms with Crippen molar-refractivity contribution >= 4 is 11.9 Å². The van der Waals surface area contributed by atoms with E-state index >= 15 is 0 Å². The first kappa shape index (κ1) is 67.3. The summed E-state index contributed by atoms with van der Waals surface area (Å²) in [6, 6.07) is -0.719. The molecule has 0 spiro atoms. The van der Waals surface area contributed by atoms with E-state index in [1.807, 2.05) is 6.08 Å². The lowest BCUT2D eigenvalue weighted by Crippen LogP contribution is -2.46. The van der Waals surface area contributed by atoms with Crippen LogP contribution in [0.5, 0.6) is 0 Å². The SMILES string of the molecule is CC/C=C\C/C=C\C/C=C\C/C=C\C/C=C\C/C=C\CCC(=O)OC(CCCCCCCCCCCCCCCCCC)CC(=O)NC(CO)C(O)CCCCCCCCCCCCCCCCCC. The topological polar surface area (TPSA) is 95.9 Å². The van der Waals surface area contributed by atoms with E-state index in [1.54, 1.807) is 0 Å². The highest BCUT2D eigenvalue weighted by Crippen LogP contribution is 2.19. The first-order valence-corrected chi connectivity index (χ1v) is 30.2. The Morgan fingerprint density at radius 2 is 0.743 bits per heavy atom. The van der Waals surface area contributed by atoms with Crippen LogP contribution in [0.4, 0.5) is 0 Å². The maximum atomic E-state index is 13.3. The maximum Gasteiger partial charge on any atom is 0.306 e. The zero-order valence-electron chi connectivity index (χ0n) is 46.4. The van der Waals surface area contributed by atoms with Gasteiger partial charge in [-0.05, 0) is 64.2 Å². The summed E-state index contributed by atoms with van der Waals surface area (Å²) in [5.41, 5.74) is 0. The average Bonchev–Trinajstić information content (AvgIpc) is 3.35. The van der Waals surface area contributed by atoms with Gasteiger partial charge in [-0.15, -0.1) is 0 Å². The summed E-state index contributed by atoms with van der Waals surface area (Å²) in [5.74, 6) is -0.563. The Morgan fingerprint density at radius 1 is 0.429 bits per heavy atom. The molecule has 0 bridgehead atoms. The van der Waals surface area contributed by atoms with Gasteiger partial charge >= 0.3 is 5.97 Å². The van der Waals surface area contributed by atoms with Crippen LogP contribution in [0.15, 0.2) is 72.9 Å². The van der Waals surface area contributed by atoms with Gasteiger partial charge in [0.1, 0.15) is 6.10 Å². The van der Waals surface area contributed by atoms with E-state index in [4.69, 9.17) is 4.74 Å². The molecule has 0 aliphatic carbocycles. The molecule has 70 heavy (non-hydrogen) atoms.